The molecule has 0 aliphatic carbocycles. The lowest BCUT2D eigenvalue weighted by Crippen LogP contribution is -2.46. The van der Waals surface area contributed by atoms with E-state index in [4.69, 9.17) is 5.73 Å². The van der Waals surface area contributed by atoms with E-state index in [1.54, 1.807) is 0 Å². The van der Waals surface area contributed by atoms with Gasteiger partial charge in [-0.05, 0) is 30.5 Å². The summed E-state index contributed by atoms with van der Waals surface area (Å²) in [5.41, 5.74) is 8.24. The number of nitrogens with two attached hydrogens (primary N) is 1. The Morgan fingerprint density at radius 1 is 1.20 bits per heavy atom. The van der Waals surface area contributed by atoms with Gasteiger partial charge >= 0.3 is 0 Å². The molecule has 112 valence electrons. The number of carbonyl (C=O) groups is 1. The molecule has 0 saturated carbocycles. The number of likely N-dealkylation sites (N-methyl/N-ethyl adjacent to an activating group) is 1. The highest BCUT2D eigenvalue weighted by atomic mass is 16.2. The summed E-state index contributed by atoms with van der Waals surface area (Å²) >= 11 is 0. The minimum Gasteiger partial charge on any atom is -0.378 e. The lowest BCUT2D eigenvalue weighted by molar-refractivity contribution is -0.134. The van der Waals surface area contributed by atoms with E-state index in [-0.39, 0.29) is 11.8 Å². The van der Waals surface area contributed by atoms with Gasteiger partial charge in [-0.2, -0.15) is 0 Å². The van der Waals surface area contributed by atoms with E-state index in [2.05, 4.69) is 29.2 Å². The van der Waals surface area contributed by atoms with E-state index >= 15 is 0 Å². The van der Waals surface area contributed by atoms with Crippen molar-refractivity contribution in [2.75, 3.05) is 25.5 Å². The van der Waals surface area contributed by atoms with Crippen LogP contribution in [0.2, 0.25) is 0 Å². The molecular weight excluding hydrogens is 250 g/mol. The maximum absolute atomic E-state index is 12.3. The van der Waals surface area contributed by atoms with Crippen molar-refractivity contribution >= 4 is 11.6 Å². The Kier molecular flexibility index (Phi) is 6.02. The highest BCUT2D eigenvalue weighted by Gasteiger charge is 2.22. The summed E-state index contributed by atoms with van der Waals surface area (Å²) in [5.74, 6) is 0.187. The molecule has 4 nitrogen and oxygen atoms in total. The quantitative estimate of drug-likeness (QED) is 0.866. The number of rotatable bonds is 6. The van der Waals surface area contributed by atoms with E-state index in [0.29, 0.717) is 13.1 Å². The van der Waals surface area contributed by atoms with Gasteiger partial charge in [0.15, 0.2) is 0 Å². The van der Waals surface area contributed by atoms with Crippen LogP contribution in [-0.2, 0) is 11.3 Å². The van der Waals surface area contributed by atoms with Gasteiger partial charge in [0, 0.05) is 32.9 Å². The average Bonchev–Trinajstić information content (AvgIpc) is 2.43. The van der Waals surface area contributed by atoms with Crippen LogP contribution in [0.4, 0.5) is 5.69 Å². The van der Waals surface area contributed by atoms with Gasteiger partial charge in [0.25, 0.3) is 0 Å². The number of amides is 1. The van der Waals surface area contributed by atoms with Crippen LogP contribution in [0, 0.1) is 5.92 Å². The zero-order valence-electron chi connectivity index (χ0n) is 13.3. The van der Waals surface area contributed by atoms with Gasteiger partial charge in [0.1, 0.15) is 0 Å². The molecule has 0 bridgehead atoms. The normalized spacial score (nSPS) is 12.3. The monoisotopic (exact) mass is 277 g/mol. The Bertz CT molecular complexity index is 426. The number of carbonyl (C=O) groups excluding carboxylic acids is 1. The fourth-order valence-electron chi connectivity index (χ4n) is 1.96. The van der Waals surface area contributed by atoms with Gasteiger partial charge in [0.2, 0.25) is 5.91 Å². The Morgan fingerprint density at radius 3 is 2.15 bits per heavy atom. The molecule has 0 spiro atoms. The number of anilines is 1. The minimum absolute atomic E-state index is 0.0270. The van der Waals surface area contributed by atoms with Crippen molar-refractivity contribution in [2.45, 2.75) is 33.4 Å². The highest BCUT2D eigenvalue weighted by Crippen LogP contribution is 2.14. The zero-order valence-corrected chi connectivity index (χ0v) is 13.3. The predicted octanol–water partition coefficient (Wildman–Crippen LogP) is 2.08. The number of hydrogen-bond donors (Lipinski definition) is 1. The molecule has 1 atom stereocenters. The molecule has 2 N–H and O–H groups in total. The van der Waals surface area contributed by atoms with Gasteiger partial charge in [-0.3, -0.25) is 4.79 Å². The van der Waals surface area contributed by atoms with Crippen molar-refractivity contribution in [3.63, 3.8) is 0 Å². The molecule has 1 aromatic carbocycles. The zero-order chi connectivity index (χ0) is 15.3. The van der Waals surface area contributed by atoms with Crippen LogP contribution in [-0.4, -0.2) is 37.5 Å². The van der Waals surface area contributed by atoms with Crippen molar-refractivity contribution < 1.29 is 4.79 Å². The molecule has 0 heterocycles. The van der Waals surface area contributed by atoms with E-state index in [1.165, 1.54) is 0 Å². The third kappa shape index (κ3) is 4.23. The number of benzene rings is 1. The van der Waals surface area contributed by atoms with Crippen molar-refractivity contribution in [1.82, 2.24) is 4.90 Å². The summed E-state index contributed by atoms with van der Waals surface area (Å²) in [5, 5.41) is 0. The van der Waals surface area contributed by atoms with Crippen LogP contribution in [0.1, 0.15) is 26.3 Å². The Morgan fingerprint density at radius 2 is 1.75 bits per heavy atom. The maximum Gasteiger partial charge on any atom is 0.240 e. The molecule has 0 fully saturated rings. The molecule has 4 heteroatoms. The van der Waals surface area contributed by atoms with Crippen molar-refractivity contribution in [2.24, 2.45) is 11.7 Å². The first-order valence-electron chi connectivity index (χ1n) is 7.17. The largest absolute Gasteiger partial charge is 0.378 e. The number of hydrogen-bond acceptors (Lipinski definition) is 3. The molecule has 0 saturated heterocycles. The molecule has 0 unspecified atom stereocenters. The molecular formula is C16H27N3O. The third-order valence-electron chi connectivity index (χ3n) is 3.52. The first kappa shape index (κ1) is 16.5. The lowest BCUT2D eigenvalue weighted by Gasteiger charge is -2.26. The van der Waals surface area contributed by atoms with Crippen LogP contribution in [0.5, 0.6) is 0 Å². The van der Waals surface area contributed by atoms with Crippen molar-refractivity contribution in [3.8, 4) is 0 Å². The Hall–Kier alpha value is -1.55. The van der Waals surface area contributed by atoms with Crippen LogP contribution >= 0.6 is 0 Å². The van der Waals surface area contributed by atoms with Crippen LogP contribution < -0.4 is 10.6 Å². The maximum atomic E-state index is 12.3. The van der Waals surface area contributed by atoms with Gasteiger partial charge in [-0.25, -0.2) is 0 Å². The van der Waals surface area contributed by atoms with Crippen LogP contribution in [0.25, 0.3) is 0 Å². The highest BCUT2D eigenvalue weighted by molar-refractivity contribution is 5.81. The van der Waals surface area contributed by atoms with Crippen LogP contribution in [0.15, 0.2) is 24.3 Å². The molecule has 20 heavy (non-hydrogen) atoms. The van der Waals surface area contributed by atoms with E-state index in [0.717, 1.165) is 11.3 Å². The SMILES string of the molecule is CCN(Cc1ccc(N(C)C)cc1)C(=O)[C@@H](N)C(C)C. The third-order valence-corrected chi connectivity index (χ3v) is 3.52. The molecule has 1 amide bonds. The minimum atomic E-state index is -0.420. The van der Waals surface area contributed by atoms with Gasteiger partial charge in [-0.15, -0.1) is 0 Å². The van der Waals surface area contributed by atoms with Crippen molar-refractivity contribution in [3.05, 3.63) is 29.8 Å². The van der Waals surface area contributed by atoms with Gasteiger partial charge in [0.05, 0.1) is 6.04 Å². The standard InChI is InChI=1S/C16H27N3O/c1-6-19(16(20)15(17)12(2)3)11-13-7-9-14(10-8-13)18(4)5/h7-10,12,15H,6,11,17H2,1-5H3/t15-/m0/s1. The summed E-state index contributed by atoms with van der Waals surface area (Å²) in [7, 11) is 4.02. The Balaban J connectivity index is 2.75. The van der Waals surface area contributed by atoms with Gasteiger partial charge in [-0.1, -0.05) is 26.0 Å². The first-order valence-corrected chi connectivity index (χ1v) is 7.17. The second-order valence-electron chi connectivity index (χ2n) is 5.68. The summed E-state index contributed by atoms with van der Waals surface area (Å²) in [6.45, 7) is 7.22. The first-order chi connectivity index (χ1) is 9.36. The van der Waals surface area contributed by atoms with Crippen LogP contribution in [0.3, 0.4) is 0 Å². The summed E-state index contributed by atoms with van der Waals surface area (Å²) in [4.78, 5) is 16.2. The summed E-state index contributed by atoms with van der Waals surface area (Å²) in [6, 6.07) is 7.83. The van der Waals surface area contributed by atoms with E-state index in [9.17, 15) is 4.79 Å². The van der Waals surface area contributed by atoms with E-state index < -0.39 is 6.04 Å². The van der Waals surface area contributed by atoms with Gasteiger partial charge < -0.3 is 15.5 Å². The molecule has 1 rings (SSSR count). The smallest absolute Gasteiger partial charge is 0.240 e. The number of nitrogens with zero attached hydrogens (tertiary/aromatic N) is 2. The molecule has 0 radical (unpaired) electrons. The molecule has 0 aliphatic heterocycles. The lowest BCUT2D eigenvalue weighted by atomic mass is 10.0. The topological polar surface area (TPSA) is 49.6 Å². The van der Waals surface area contributed by atoms with E-state index in [1.807, 2.05) is 39.8 Å². The second kappa shape index (κ2) is 7.29. The fourth-order valence-corrected chi connectivity index (χ4v) is 1.96. The average molecular weight is 277 g/mol. The summed E-state index contributed by atoms with van der Waals surface area (Å²) in [6.07, 6.45) is 0. The molecule has 0 aromatic heterocycles. The van der Waals surface area contributed by atoms with Crippen molar-refractivity contribution in [1.29, 1.82) is 0 Å². The fraction of sp³-hybridized carbons (Fsp3) is 0.562. The Labute approximate surface area is 122 Å². The molecule has 1 aromatic rings. The summed E-state index contributed by atoms with van der Waals surface area (Å²) < 4.78 is 0. The second-order valence-corrected chi connectivity index (χ2v) is 5.68. The molecule has 0 aliphatic rings. The predicted molar refractivity (Wildman–Crippen MR) is 84.7 cm³/mol.